The van der Waals surface area contributed by atoms with Gasteiger partial charge in [-0.25, -0.2) is 0 Å². The van der Waals surface area contributed by atoms with Crippen LogP contribution in [0.1, 0.15) is 49.0 Å². The van der Waals surface area contributed by atoms with E-state index in [-0.39, 0.29) is 18.1 Å². The molecule has 1 aromatic heterocycles. The molecule has 0 unspecified atom stereocenters. The van der Waals surface area contributed by atoms with Gasteiger partial charge in [-0.1, -0.05) is 12.8 Å². The number of hydrogen-bond donors (Lipinski definition) is 0. The topological polar surface area (TPSA) is 58.6 Å². The van der Waals surface area contributed by atoms with E-state index in [4.69, 9.17) is 4.74 Å². The summed E-state index contributed by atoms with van der Waals surface area (Å²) >= 11 is 0. The molecule has 1 aromatic rings. The highest BCUT2D eigenvalue weighted by molar-refractivity contribution is 5.92. The zero-order chi connectivity index (χ0) is 15.6. The van der Waals surface area contributed by atoms with Crippen LogP contribution in [0.5, 0.6) is 0 Å². The molecular weight excluding hydrogens is 292 g/mol. The van der Waals surface area contributed by atoms with Gasteiger partial charge in [0.25, 0.3) is 5.91 Å². The van der Waals surface area contributed by atoms with Gasteiger partial charge in [0.05, 0.1) is 18.8 Å². The quantitative estimate of drug-likeness (QED) is 0.833. The van der Waals surface area contributed by atoms with Crippen molar-refractivity contribution in [1.29, 1.82) is 0 Å². The molecule has 0 bridgehead atoms. The smallest absolute Gasteiger partial charge is 0.274 e. The lowest BCUT2D eigenvalue weighted by Gasteiger charge is -2.43. The average molecular weight is 316 g/mol. The third kappa shape index (κ3) is 2.92. The van der Waals surface area contributed by atoms with E-state index in [2.05, 4.69) is 15.1 Å². The molecule has 0 spiro atoms. The van der Waals surface area contributed by atoms with Crippen LogP contribution in [0.15, 0.2) is 12.1 Å². The van der Waals surface area contributed by atoms with E-state index in [9.17, 15) is 4.79 Å². The van der Waals surface area contributed by atoms with Crippen molar-refractivity contribution in [2.75, 3.05) is 31.1 Å². The summed E-state index contributed by atoms with van der Waals surface area (Å²) in [4.78, 5) is 17.0. The fourth-order valence-corrected chi connectivity index (χ4v) is 4.05. The Balaban J connectivity index is 1.49. The van der Waals surface area contributed by atoms with Gasteiger partial charge in [-0.05, 0) is 37.8 Å². The molecule has 0 N–H and O–H groups in total. The largest absolute Gasteiger partial charge is 0.374 e. The molecule has 4 rings (SSSR count). The highest BCUT2D eigenvalue weighted by atomic mass is 16.5. The Kier molecular flexibility index (Phi) is 4.16. The Bertz CT molecular complexity index is 554. The van der Waals surface area contributed by atoms with Crippen molar-refractivity contribution >= 4 is 11.7 Å². The number of rotatable bonds is 2. The molecule has 0 aromatic carbocycles. The molecule has 3 heterocycles. The number of hydrogen-bond acceptors (Lipinski definition) is 5. The van der Waals surface area contributed by atoms with Crippen LogP contribution in [0.2, 0.25) is 0 Å². The van der Waals surface area contributed by atoms with Gasteiger partial charge >= 0.3 is 0 Å². The van der Waals surface area contributed by atoms with E-state index in [1.807, 2.05) is 17.0 Å². The standard InChI is InChI=1S/C17H24N4O2/c22-17(21-11-12-23-15-6-2-1-5-14(15)21)13-7-8-16(19-18-13)20-9-3-4-10-20/h7-8,14-15H,1-6,9-12H2/t14-,15-/m0/s1. The Labute approximate surface area is 136 Å². The molecule has 124 valence electrons. The first-order valence-corrected chi connectivity index (χ1v) is 8.84. The first-order valence-electron chi connectivity index (χ1n) is 8.84. The first-order chi connectivity index (χ1) is 11.3. The summed E-state index contributed by atoms with van der Waals surface area (Å²) < 4.78 is 5.85. The minimum absolute atomic E-state index is 0.00525. The summed E-state index contributed by atoms with van der Waals surface area (Å²) in [5, 5.41) is 8.49. The number of amides is 1. The Morgan fingerprint density at radius 2 is 1.87 bits per heavy atom. The van der Waals surface area contributed by atoms with Crippen molar-refractivity contribution in [3.63, 3.8) is 0 Å². The Morgan fingerprint density at radius 3 is 2.65 bits per heavy atom. The van der Waals surface area contributed by atoms with E-state index in [0.717, 1.165) is 31.7 Å². The molecule has 2 atom stereocenters. The molecule has 0 radical (unpaired) electrons. The first kappa shape index (κ1) is 14.9. The van der Waals surface area contributed by atoms with Gasteiger partial charge in [0, 0.05) is 19.6 Å². The Hall–Kier alpha value is -1.69. The number of aromatic nitrogens is 2. The maximum Gasteiger partial charge on any atom is 0.274 e. The molecule has 1 amide bonds. The molecule has 6 heteroatoms. The van der Waals surface area contributed by atoms with Crippen LogP contribution in [-0.4, -0.2) is 59.4 Å². The summed E-state index contributed by atoms with van der Waals surface area (Å²) in [6.07, 6.45) is 7.10. The van der Waals surface area contributed by atoms with Crippen LogP contribution in [0.25, 0.3) is 0 Å². The van der Waals surface area contributed by atoms with Gasteiger partial charge in [0.15, 0.2) is 11.5 Å². The predicted octanol–water partition coefficient (Wildman–Crippen LogP) is 1.86. The molecule has 1 aliphatic carbocycles. The maximum atomic E-state index is 12.8. The third-order valence-corrected chi connectivity index (χ3v) is 5.29. The number of carbonyl (C=O) groups is 1. The number of anilines is 1. The number of morpholine rings is 1. The zero-order valence-corrected chi connectivity index (χ0v) is 13.5. The van der Waals surface area contributed by atoms with E-state index in [0.29, 0.717) is 18.8 Å². The minimum atomic E-state index is 0.00525. The van der Waals surface area contributed by atoms with Crippen LogP contribution in [0.3, 0.4) is 0 Å². The van der Waals surface area contributed by atoms with E-state index in [1.165, 1.54) is 25.7 Å². The van der Waals surface area contributed by atoms with Crippen LogP contribution in [0.4, 0.5) is 5.82 Å². The monoisotopic (exact) mass is 316 g/mol. The molecule has 2 aliphatic heterocycles. The Morgan fingerprint density at radius 1 is 1.04 bits per heavy atom. The molecular formula is C17H24N4O2. The number of carbonyl (C=O) groups excluding carboxylic acids is 1. The fourth-order valence-electron chi connectivity index (χ4n) is 4.05. The van der Waals surface area contributed by atoms with Crippen molar-refractivity contribution in [3.8, 4) is 0 Å². The second-order valence-electron chi connectivity index (χ2n) is 6.73. The van der Waals surface area contributed by atoms with Crippen molar-refractivity contribution in [3.05, 3.63) is 17.8 Å². The zero-order valence-electron chi connectivity index (χ0n) is 13.5. The van der Waals surface area contributed by atoms with Gasteiger partial charge in [0.2, 0.25) is 0 Å². The van der Waals surface area contributed by atoms with Crippen LogP contribution < -0.4 is 4.90 Å². The van der Waals surface area contributed by atoms with Crippen molar-refractivity contribution in [1.82, 2.24) is 15.1 Å². The van der Waals surface area contributed by atoms with Gasteiger partial charge in [0.1, 0.15) is 0 Å². The van der Waals surface area contributed by atoms with E-state index < -0.39 is 0 Å². The molecule has 3 fully saturated rings. The fraction of sp³-hybridized carbons (Fsp3) is 0.706. The number of fused-ring (bicyclic) bond motifs is 1. The van der Waals surface area contributed by atoms with Crippen molar-refractivity contribution in [2.45, 2.75) is 50.7 Å². The number of ether oxygens (including phenoxy) is 1. The van der Waals surface area contributed by atoms with E-state index in [1.54, 1.807) is 0 Å². The van der Waals surface area contributed by atoms with Crippen LogP contribution in [0, 0.1) is 0 Å². The van der Waals surface area contributed by atoms with Gasteiger partial charge < -0.3 is 14.5 Å². The molecule has 6 nitrogen and oxygen atoms in total. The van der Waals surface area contributed by atoms with Gasteiger partial charge in [-0.3, -0.25) is 4.79 Å². The van der Waals surface area contributed by atoms with Crippen LogP contribution in [-0.2, 0) is 4.74 Å². The summed E-state index contributed by atoms with van der Waals surface area (Å²) in [6.45, 7) is 3.37. The summed E-state index contributed by atoms with van der Waals surface area (Å²) in [7, 11) is 0. The minimum Gasteiger partial charge on any atom is -0.374 e. The summed E-state index contributed by atoms with van der Waals surface area (Å²) in [5.74, 6) is 0.891. The van der Waals surface area contributed by atoms with Crippen molar-refractivity contribution < 1.29 is 9.53 Å². The van der Waals surface area contributed by atoms with Crippen LogP contribution >= 0.6 is 0 Å². The molecule has 3 aliphatic rings. The summed E-state index contributed by atoms with van der Waals surface area (Å²) in [5.41, 5.74) is 0.458. The third-order valence-electron chi connectivity index (χ3n) is 5.29. The predicted molar refractivity (Wildman–Crippen MR) is 86.5 cm³/mol. The second-order valence-corrected chi connectivity index (χ2v) is 6.73. The molecule has 2 saturated heterocycles. The molecule has 1 saturated carbocycles. The van der Waals surface area contributed by atoms with Gasteiger partial charge in [-0.15, -0.1) is 10.2 Å². The normalized spacial score (nSPS) is 27.8. The second kappa shape index (κ2) is 6.43. The highest BCUT2D eigenvalue weighted by Crippen LogP contribution is 2.29. The summed E-state index contributed by atoms with van der Waals surface area (Å²) in [6, 6.07) is 3.98. The SMILES string of the molecule is O=C(c1ccc(N2CCCC2)nn1)N1CCO[C@H]2CCCC[C@@H]21. The van der Waals surface area contributed by atoms with Gasteiger partial charge in [-0.2, -0.15) is 0 Å². The van der Waals surface area contributed by atoms with E-state index >= 15 is 0 Å². The maximum absolute atomic E-state index is 12.8. The van der Waals surface area contributed by atoms with Crippen molar-refractivity contribution in [2.24, 2.45) is 0 Å². The lowest BCUT2D eigenvalue weighted by Crippen LogP contribution is -2.55. The molecule has 23 heavy (non-hydrogen) atoms. The number of nitrogens with zero attached hydrogens (tertiary/aromatic N) is 4. The highest BCUT2D eigenvalue weighted by Gasteiger charge is 2.37. The lowest BCUT2D eigenvalue weighted by atomic mass is 9.90. The lowest BCUT2D eigenvalue weighted by molar-refractivity contribution is -0.0754. The average Bonchev–Trinajstić information content (AvgIpc) is 3.15.